The van der Waals surface area contributed by atoms with Gasteiger partial charge in [-0.1, -0.05) is 0 Å². The van der Waals surface area contributed by atoms with Crippen molar-refractivity contribution >= 4 is 179 Å². The van der Waals surface area contributed by atoms with Crippen molar-refractivity contribution in [3.05, 3.63) is 0 Å². The van der Waals surface area contributed by atoms with Gasteiger partial charge in [-0.25, -0.2) is 0 Å². The molecule has 0 saturated heterocycles. The first-order valence-electron chi connectivity index (χ1n) is 3.78. The van der Waals surface area contributed by atoms with Gasteiger partial charge >= 0.3 is 293 Å². The minimum absolute atomic E-state index is 0. The van der Waals surface area contributed by atoms with E-state index in [-0.39, 0.29) is 124 Å². The Bertz CT molecular complexity index is 355. The Kier molecular flexibility index (Phi) is 27.3. The maximum absolute atomic E-state index is 12.6. The van der Waals surface area contributed by atoms with Crippen LogP contribution in [0, 0.1) is 0 Å². The predicted octanol–water partition coefficient (Wildman–Crippen LogP) is 13.2. The molecule has 156 valence electrons. The second kappa shape index (κ2) is 14.0. The fourth-order valence-electron chi connectivity index (χ4n) is 0. The Balaban J connectivity index is -0.0000000521. The molecule has 0 saturated carbocycles. The molecule has 0 aliphatic rings. The third-order valence-electron chi connectivity index (χ3n) is 0. The van der Waals surface area contributed by atoms with Crippen LogP contribution in [0.5, 0.6) is 0 Å². The van der Waals surface area contributed by atoms with Gasteiger partial charge in [0.15, 0.2) is 0 Å². The van der Waals surface area contributed by atoms with Gasteiger partial charge in [0.05, 0.1) is 0 Å². The summed E-state index contributed by atoms with van der Waals surface area (Å²) >= 11 is -0.388. The molecule has 0 nitrogen and oxygen atoms in total. The molecule has 0 rings (SSSR count). The fourth-order valence-corrected chi connectivity index (χ4v) is 0. The molecule has 0 aliphatic carbocycles. The average molecular weight is 2210 g/mol. The number of hydrogen-bond donors (Lipinski definition) is 0. The third kappa shape index (κ3) is 314. The fraction of sp³-hybridized carbons (Fsp3) is 0. The summed E-state index contributed by atoms with van der Waals surface area (Å²) in [5.41, 5.74) is 0. The molecule has 0 fully saturated rings. The Morgan fingerprint density at radius 2 is 0.615 bits per heavy atom. The van der Waals surface area contributed by atoms with Gasteiger partial charge in [-0.3, -0.25) is 0 Å². The Morgan fingerprint density at radius 1 is 0.615 bits per heavy atom. The number of rotatable bonds is 0. The number of hydrogen-bond acceptors (Lipinski definition) is 0. The molecule has 0 N–H and O–H groups in total. The normalized spacial score (nSPS) is 17.7. The van der Waals surface area contributed by atoms with E-state index in [0.717, 1.165) is 0 Å². The molecule has 0 radical (unpaired) electrons. The zero-order chi connectivity index (χ0) is 21.9. The molecule has 0 unspecified atom stereocenters. The summed E-state index contributed by atoms with van der Waals surface area (Å²) in [5, 5.41) is 0. The first-order chi connectivity index (χ1) is 8.83. The second-order valence-corrected chi connectivity index (χ2v) is 354. The third-order valence-corrected chi connectivity index (χ3v) is 0. The van der Waals surface area contributed by atoms with E-state index < -0.39 is 41.3 Å². The topological polar surface area (TPSA) is 0 Å². The maximum atomic E-state index is 12.6. The van der Waals surface area contributed by atoms with Crippen LogP contribution < -0.4 is 0 Å². The van der Waals surface area contributed by atoms with Crippen molar-refractivity contribution in [2.24, 2.45) is 0 Å². The molecule has 0 spiro atoms. The summed E-state index contributed by atoms with van der Waals surface area (Å²) in [4.78, 5) is 0. The Morgan fingerprint density at radius 3 is 0.615 bits per heavy atom. The van der Waals surface area contributed by atoms with Crippen LogP contribution in [0.15, 0.2) is 0 Å². The van der Waals surface area contributed by atoms with Crippen molar-refractivity contribution in [2.45, 2.75) is 0 Å². The van der Waals surface area contributed by atoms with Crippen molar-refractivity contribution < 1.29 is 114 Å². The molecule has 0 amide bonds. The van der Waals surface area contributed by atoms with Crippen LogP contribution in [0.1, 0.15) is 0 Å². The molecular formula is Cl4F8Hf4I8Zr2+8. The zero-order valence-corrected chi connectivity index (χ0v) is 50.1. The van der Waals surface area contributed by atoms with E-state index >= 15 is 0 Å². The predicted molar refractivity (Wildman–Crippen MR) is 144 cm³/mol. The van der Waals surface area contributed by atoms with Crippen LogP contribution >= 0.6 is 179 Å². The first kappa shape index (κ1) is 50.5. The minimum atomic E-state index is -9.50. The quantitative estimate of drug-likeness (QED) is 0.129. The summed E-state index contributed by atoms with van der Waals surface area (Å²) in [6.45, 7) is 0. The van der Waals surface area contributed by atoms with Crippen LogP contribution in [-0.4, -0.2) is 0 Å². The molecule has 0 atom stereocenters. The Hall–Kier alpha value is 11.7. The summed E-state index contributed by atoms with van der Waals surface area (Å²) in [6, 6.07) is 0. The van der Waals surface area contributed by atoms with E-state index in [2.05, 4.69) is 72.5 Å². The summed E-state index contributed by atoms with van der Waals surface area (Å²) < 4.78 is 78.9. The van der Waals surface area contributed by atoms with E-state index in [1.165, 1.54) is 0 Å². The van der Waals surface area contributed by atoms with Crippen LogP contribution in [-0.2, 0) is 93.0 Å². The summed E-state index contributed by atoms with van der Waals surface area (Å²) in [6.07, 6.45) is 0. The van der Waals surface area contributed by atoms with Gasteiger partial charge in [-0.2, -0.15) is 0 Å². The molecule has 26 heteroatoms. The van der Waals surface area contributed by atoms with E-state index in [1.807, 2.05) is 0 Å². The van der Waals surface area contributed by atoms with Gasteiger partial charge in [0.2, 0.25) is 0 Å². The molecule has 0 aromatic carbocycles. The van der Waals surface area contributed by atoms with Gasteiger partial charge < -0.3 is 0 Å². The van der Waals surface area contributed by atoms with Crippen molar-refractivity contribution in [1.82, 2.24) is 0 Å². The van der Waals surface area contributed by atoms with Gasteiger partial charge in [0, 0.05) is 0 Å². The molecular weight excluding hydrogens is 2210 g/mol. The molecule has 0 aliphatic heterocycles. The molecule has 26 heavy (non-hydrogen) atoms. The van der Waals surface area contributed by atoms with Crippen LogP contribution in [0.3, 0.4) is 0 Å². The zero-order valence-electron chi connectivity index (χ0n) is 10.6. The SMILES string of the molecule is [Cl][Hf]([Cl])([Cl])[Cl].[F][Zr]([F])([F])([F])([I])([I])([I])[I].[F][Zr]([F])([F])[F].[Hf+4].[Hf+4].[I][Hf]([I])([I])[I]. The van der Waals surface area contributed by atoms with Crippen LogP contribution in [0.4, 0.5) is 21.0 Å². The molecule has 0 aromatic heterocycles. The molecule has 0 aromatic rings. The van der Waals surface area contributed by atoms with Gasteiger partial charge in [0.1, 0.15) is 0 Å². The van der Waals surface area contributed by atoms with Gasteiger partial charge in [0.25, 0.3) is 0 Å². The summed E-state index contributed by atoms with van der Waals surface area (Å²) in [7, 11) is 20.2. The summed E-state index contributed by atoms with van der Waals surface area (Å²) in [5.74, 6) is 0. The average Bonchev–Trinajstić information content (AvgIpc) is 1.54. The molecule has 0 heterocycles. The number of halogens is 20. The van der Waals surface area contributed by atoms with Gasteiger partial charge in [-0.05, 0) is 0 Å². The first-order valence-corrected chi connectivity index (χ1v) is 99.0. The van der Waals surface area contributed by atoms with E-state index in [0.29, 0.717) is 0 Å². The molecule has 0 bridgehead atoms. The van der Waals surface area contributed by atoms with Crippen LogP contribution in [0.25, 0.3) is 0 Å². The van der Waals surface area contributed by atoms with E-state index in [1.54, 1.807) is 0 Å². The van der Waals surface area contributed by atoms with E-state index in [4.69, 9.17) is 34.3 Å². The van der Waals surface area contributed by atoms with Crippen molar-refractivity contribution in [3.63, 3.8) is 0 Å². The Labute approximate surface area is 281 Å². The van der Waals surface area contributed by atoms with Crippen molar-refractivity contribution in [3.8, 4) is 0 Å². The monoisotopic (exact) mass is 2210 g/mol. The van der Waals surface area contributed by atoms with Crippen molar-refractivity contribution in [2.75, 3.05) is 0 Å². The standard InChI is InChI=1S/4ClH.8FH.4Hf.8HI.2Zr/h12*1H;;;;;8*1H;;/q;;;;;;;;;;;;4*+4;;;;;;;;;+4;+8/p-20. The second-order valence-electron chi connectivity index (χ2n) is 3.29. The van der Waals surface area contributed by atoms with Crippen molar-refractivity contribution in [1.29, 1.82) is 0 Å². The van der Waals surface area contributed by atoms with Crippen LogP contribution in [0.2, 0.25) is 0 Å². The van der Waals surface area contributed by atoms with E-state index in [9.17, 15) is 21.0 Å². The van der Waals surface area contributed by atoms with Gasteiger partial charge in [-0.15, -0.1) is 0 Å².